The number of amides is 1. The van der Waals surface area contributed by atoms with Gasteiger partial charge in [0.05, 0.1) is 17.1 Å². The first-order chi connectivity index (χ1) is 12.6. The van der Waals surface area contributed by atoms with Crippen molar-refractivity contribution in [1.82, 2.24) is 19.9 Å². The summed E-state index contributed by atoms with van der Waals surface area (Å²) in [4.78, 5) is 18.6. The first-order valence-electron chi connectivity index (χ1n) is 8.56. The third-order valence-electron chi connectivity index (χ3n) is 4.19. The highest BCUT2D eigenvalue weighted by atomic mass is 32.2. The molecule has 1 aromatic carbocycles. The molecular formula is C18H22N4O3S. The molecule has 0 unspecified atom stereocenters. The van der Waals surface area contributed by atoms with Crippen LogP contribution in [0.25, 0.3) is 0 Å². The zero-order chi connectivity index (χ0) is 18.4. The van der Waals surface area contributed by atoms with Crippen molar-refractivity contribution in [3.63, 3.8) is 0 Å². The van der Waals surface area contributed by atoms with E-state index in [1.54, 1.807) is 41.4 Å². The van der Waals surface area contributed by atoms with Crippen molar-refractivity contribution in [1.29, 1.82) is 0 Å². The molecule has 26 heavy (non-hydrogen) atoms. The summed E-state index contributed by atoms with van der Waals surface area (Å²) in [7, 11) is -3.73. The number of rotatable bonds is 5. The second-order valence-electron chi connectivity index (χ2n) is 6.07. The highest BCUT2D eigenvalue weighted by Crippen LogP contribution is 2.14. The fourth-order valence-corrected chi connectivity index (χ4v) is 3.83. The van der Waals surface area contributed by atoms with Crippen LogP contribution in [0.1, 0.15) is 22.5 Å². The molecule has 0 aliphatic carbocycles. The summed E-state index contributed by atoms with van der Waals surface area (Å²) in [6, 6.07) is 11.5. The van der Waals surface area contributed by atoms with E-state index in [0.29, 0.717) is 24.3 Å². The molecule has 2 aromatic rings. The van der Waals surface area contributed by atoms with Crippen molar-refractivity contribution in [2.24, 2.45) is 0 Å². The van der Waals surface area contributed by atoms with Gasteiger partial charge in [0, 0.05) is 31.4 Å². The van der Waals surface area contributed by atoms with Crippen LogP contribution in [0.5, 0.6) is 0 Å². The summed E-state index contributed by atoms with van der Waals surface area (Å²) in [6.45, 7) is 3.01. The Morgan fingerprint density at radius 2 is 2.04 bits per heavy atom. The number of nitrogens with one attached hydrogen (secondary N) is 2. The third kappa shape index (κ3) is 4.66. The Labute approximate surface area is 153 Å². The van der Waals surface area contributed by atoms with E-state index in [1.807, 2.05) is 0 Å². The van der Waals surface area contributed by atoms with Crippen LogP contribution in [-0.4, -0.2) is 50.4 Å². The Morgan fingerprint density at radius 1 is 1.15 bits per heavy atom. The van der Waals surface area contributed by atoms with Crippen LogP contribution in [-0.2, 0) is 16.6 Å². The number of hydrogen-bond donors (Lipinski definition) is 2. The lowest BCUT2D eigenvalue weighted by molar-refractivity contribution is 0.0766. The molecule has 0 atom stereocenters. The maximum absolute atomic E-state index is 12.7. The Balaban J connectivity index is 1.74. The molecule has 8 heteroatoms. The molecule has 2 heterocycles. The zero-order valence-corrected chi connectivity index (χ0v) is 15.2. The van der Waals surface area contributed by atoms with Crippen LogP contribution in [0.4, 0.5) is 0 Å². The Kier molecular flexibility index (Phi) is 5.97. The van der Waals surface area contributed by atoms with Crippen molar-refractivity contribution in [2.45, 2.75) is 17.9 Å². The smallest absolute Gasteiger partial charge is 0.253 e. The van der Waals surface area contributed by atoms with E-state index in [1.165, 1.54) is 12.1 Å². The van der Waals surface area contributed by atoms with Crippen molar-refractivity contribution in [2.75, 3.05) is 26.2 Å². The number of sulfonamides is 1. The van der Waals surface area contributed by atoms with E-state index in [0.717, 1.165) is 19.5 Å². The maximum atomic E-state index is 12.7. The largest absolute Gasteiger partial charge is 0.337 e. The number of hydrogen-bond acceptors (Lipinski definition) is 5. The first kappa shape index (κ1) is 18.5. The topological polar surface area (TPSA) is 91.4 Å². The molecule has 1 fully saturated rings. The predicted molar refractivity (Wildman–Crippen MR) is 98.1 cm³/mol. The molecule has 1 amide bonds. The first-order valence-corrected chi connectivity index (χ1v) is 10.0. The average molecular weight is 374 g/mol. The fourth-order valence-electron chi connectivity index (χ4n) is 2.78. The Hall–Kier alpha value is -2.29. The molecule has 1 saturated heterocycles. The van der Waals surface area contributed by atoms with Crippen LogP contribution < -0.4 is 10.0 Å². The van der Waals surface area contributed by atoms with Crippen LogP contribution in [0.15, 0.2) is 53.6 Å². The van der Waals surface area contributed by atoms with E-state index < -0.39 is 10.0 Å². The summed E-state index contributed by atoms with van der Waals surface area (Å²) >= 11 is 0. The van der Waals surface area contributed by atoms with Crippen molar-refractivity contribution in [3.05, 3.63) is 59.9 Å². The second-order valence-corrected chi connectivity index (χ2v) is 7.84. The van der Waals surface area contributed by atoms with E-state index in [9.17, 15) is 13.2 Å². The molecule has 1 aromatic heterocycles. The van der Waals surface area contributed by atoms with E-state index >= 15 is 0 Å². The van der Waals surface area contributed by atoms with Gasteiger partial charge in [0.25, 0.3) is 5.91 Å². The molecular weight excluding hydrogens is 352 g/mol. The molecule has 0 spiro atoms. The minimum absolute atomic E-state index is 0.0761. The molecule has 138 valence electrons. The lowest BCUT2D eigenvalue weighted by Crippen LogP contribution is -2.34. The maximum Gasteiger partial charge on any atom is 0.253 e. The van der Waals surface area contributed by atoms with Crippen molar-refractivity contribution >= 4 is 15.9 Å². The molecule has 0 bridgehead atoms. The molecule has 2 N–H and O–H groups in total. The number of nitrogens with zero attached hydrogens (tertiary/aromatic N) is 2. The van der Waals surface area contributed by atoms with Gasteiger partial charge >= 0.3 is 0 Å². The summed E-state index contributed by atoms with van der Waals surface area (Å²) in [5.74, 6) is -0.143. The monoisotopic (exact) mass is 374 g/mol. The van der Waals surface area contributed by atoms with E-state index in [4.69, 9.17) is 0 Å². The van der Waals surface area contributed by atoms with Gasteiger partial charge in [0.2, 0.25) is 10.0 Å². The number of aromatic nitrogens is 1. The summed E-state index contributed by atoms with van der Waals surface area (Å²) in [5, 5.41) is 3.25. The summed E-state index contributed by atoms with van der Waals surface area (Å²) in [5.41, 5.74) is 1.01. The van der Waals surface area contributed by atoms with Gasteiger partial charge in [-0.2, -0.15) is 0 Å². The average Bonchev–Trinajstić information content (AvgIpc) is 2.96. The highest BCUT2D eigenvalue weighted by Gasteiger charge is 2.20. The third-order valence-corrected chi connectivity index (χ3v) is 5.59. The highest BCUT2D eigenvalue weighted by molar-refractivity contribution is 7.89. The quantitative estimate of drug-likeness (QED) is 0.815. The van der Waals surface area contributed by atoms with Gasteiger partial charge in [0.15, 0.2) is 0 Å². The number of carbonyl (C=O) groups is 1. The van der Waals surface area contributed by atoms with E-state index in [2.05, 4.69) is 15.0 Å². The van der Waals surface area contributed by atoms with Gasteiger partial charge in [-0.1, -0.05) is 12.1 Å². The van der Waals surface area contributed by atoms with Gasteiger partial charge < -0.3 is 10.2 Å². The molecule has 1 aliphatic rings. The van der Waals surface area contributed by atoms with Gasteiger partial charge in [-0.15, -0.1) is 0 Å². The van der Waals surface area contributed by atoms with Crippen LogP contribution in [0, 0.1) is 0 Å². The van der Waals surface area contributed by atoms with Crippen LogP contribution >= 0.6 is 0 Å². The van der Waals surface area contributed by atoms with Gasteiger partial charge in [-0.25, -0.2) is 13.1 Å². The number of pyridine rings is 1. The molecule has 0 radical (unpaired) electrons. The SMILES string of the molecule is O=C(c1cccc(S(=O)(=O)NCc2ccccn2)c1)N1CCCNCC1. The van der Waals surface area contributed by atoms with Gasteiger partial charge in [0.1, 0.15) is 0 Å². The number of carbonyl (C=O) groups excluding carboxylic acids is 1. The molecule has 7 nitrogen and oxygen atoms in total. The summed E-state index contributed by atoms with van der Waals surface area (Å²) in [6.07, 6.45) is 2.49. The molecule has 1 aliphatic heterocycles. The zero-order valence-electron chi connectivity index (χ0n) is 14.4. The second kappa shape index (κ2) is 8.39. The lowest BCUT2D eigenvalue weighted by Gasteiger charge is -2.20. The lowest BCUT2D eigenvalue weighted by atomic mass is 10.2. The standard InChI is InChI=1S/C18H22N4O3S/c23-18(22-11-4-8-19-10-12-22)15-5-3-7-17(13-15)26(24,25)21-14-16-6-1-2-9-20-16/h1-3,5-7,9,13,19,21H,4,8,10-12,14H2. The Morgan fingerprint density at radius 3 is 2.85 bits per heavy atom. The van der Waals surface area contributed by atoms with Gasteiger partial charge in [-0.05, 0) is 43.3 Å². The van der Waals surface area contributed by atoms with Crippen LogP contribution in [0.3, 0.4) is 0 Å². The normalized spacial score (nSPS) is 15.5. The fraction of sp³-hybridized carbons (Fsp3) is 0.333. The van der Waals surface area contributed by atoms with Crippen LogP contribution in [0.2, 0.25) is 0 Å². The Bertz CT molecular complexity index is 848. The van der Waals surface area contributed by atoms with Gasteiger partial charge in [-0.3, -0.25) is 9.78 Å². The van der Waals surface area contributed by atoms with E-state index in [-0.39, 0.29) is 17.3 Å². The number of benzene rings is 1. The minimum Gasteiger partial charge on any atom is -0.337 e. The van der Waals surface area contributed by atoms with Crippen molar-refractivity contribution < 1.29 is 13.2 Å². The molecule has 3 rings (SSSR count). The summed E-state index contributed by atoms with van der Waals surface area (Å²) < 4.78 is 27.6. The molecule has 0 saturated carbocycles. The van der Waals surface area contributed by atoms with Crippen molar-refractivity contribution in [3.8, 4) is 0 Å². The predicted octanol–water partition coefficient (Wildman–Crippen LogP) is 0.996. The minimum atomic E-state index is -3.73.